The Morgan fingerprint density at radius 2 is 1.69 bits per heavy atom. The minimum atomic E-state index is 0.000926. The molecule has 0 spiro atoms. The molecule has 0 aliphatic rings. The minimum absolute atomic E-state index is 0.000926. The lowest BCUT2D eigenvalue weighted by molar-refractivity contribution is 0.118. The van der Waals surface area contributed by atoms with Gasteiger partial charge < -0.3 is 10.2 Å². The molecule has 1 atom stereocenters. The second kappa shape index (κ2) is 7.98. The molecule has 0 amide bonds. The smallest absolute Gasteiger partial charge is 0.0587 e. The van der Waals surface area contributed by atoms with Gasteiger partial charge in [0.2, 0.25) is 0 Å². The van der Waals surface area contributed by atoms with Crippen molar-refractivity contribution in [3.05, 3.63) is 25.3 Å². The Morgan fingerprint density at radius 3 is 2.00 bits per heavy atom. The van der Waals surface area contributed by atoms with E-state index in [9.17, 15) is 0 Å². The molecule has 2 N–H and O–H groups in total. The van der Waals surface area contributed by atoms with Gasteiger partial charge in [0.15, 0.2) is 0 Å². The van der Waals surface area contributed by atoms with Crippen molar-refractivity contribution in [3.8, 4) is 0 Å². The number of aliphatic hydroxyl groups excluding tert-OH is 2. The van der Waals surface area contributed by atoms with Crippen LogP contribution in [0.3, 0.4) is 0 Å². The summed E-state index contributed by atoms with van der Waals surface area (Å²) in [5, 5.41) is 17.8. The third kappa shape index (κ3) is 4.83. The molecule has 0 aliphatic heterocycles. The van der Waals surface area contributed by atoms with E-state index in [1.807, 2.05) is 4.90 Å². The van der Waals surface area contributed by atoms with Crippen LogP contribution in [-0.2, 0) is 0 Å². The van der Waals surface area contributed by atoms with E-state index >= 15 is 0 Å². The lowest BCUT2D eigenvalue weighted by Gasteiger charge is -2.27. The molecule has 76 valence electrons. The van der Waals surface area contributed by atoms with E-state index in [1.165, 1.54) is 0 Å². The van der Waals surface area contributed by atoms with Crippen LogP contribution in [-0.4, -0.2) is 47.5 Å². The van der Waals surface area contributed by atoms with Crippen molar-refractivity contribution in [3.63, 3.8) is 0 Å². The van der Waals surface area contributed by atoms with Crippen LogP contribution in [0.2, 0.25) is 0 Å². The normalized spacial score (nSPS) is 12.8. The molecular weight excluding hydrogens is 166 g/mol. The maximum Gasteiger partial charge on any atom is 0.0587 e. The minimum Gasteiger partial charge on any atom is -0.396 e. The zero-order valence-electron chi connectivity index (χ0n) is 8.02. The summed E-state index contributed by atoms with van der Waals surface area (Å²) in [6.07, 6.45) is 4.14. The van der Waals surface area contributed by atoms with Crippen molar-refractivity contribution in [2.24, 2.45) is 0 Å². The van der Waals surface area contributed by atoms with Gasteiger partial charge in [-0.3, -0.25) is 4.90 Å². The lowest BCUT2D eigenvalue weighted by atomic mass is 10.2. The van der Waals surface area contributed by atoms with E-state index in [-0.39, 0.29) is 19.3 Å². The van der Waals surface area contributed by atoms with Gasteiger partial charge in [-0.1, -0.05) is 12.2 Å². The Labute approximate surface area is 80.0 Å². The molecule has 3 heteroatoms. The van der Waals surface area contributed by atoms with Gasteiger partial charge in [0.25, 0.3) is 0 Å². The first-order valence-corrected chi connectivity index (χ1v) is 4.47. The zero-order chi connectivity index (χ0) is 10.1. The Balaban J connectivity index is 4.09. The fourth-order valence-corrected chi connectivity index (χ4v) is 1.24. The molecule has 0 saturated carbocycles. The summed E-state index contributed by atoms with van der Waals surface area (Å²) in [6, 6.07) is 0.000926. The van der Waals surface area contributed by atoms with Crippen LogP contribution in [0.1, 0.15) is 6.42 Å². The van der Waals surface area contributed by atoms with Crippen LogP contribution in [0.5, 0.6) is 0 Å². The number of hydrogen-bond donors (Lipinski definition) is 2. The molecule has 0 rings (SSSR count). The predicted molar refractivity (Wildman–Crippen MR) is 54.5 cm³/mol. The highest BCUT2D eigenvalue weighted by atomic mass is 16.3. The number of hydrogen-bond acceptors (Lipinski definition) is 3. The van der Waals surface area contributed by atoms with Gasteiger partial charge in [-0.2, -0.15) is 0 Å². The van der Waals surface area contributed by atoms with Crippen LogP contribution in [0.25, 0.3) is 0 Å². The largest absolute Gasteiger partial charge is 0.396 e. The van der Waals surface area contributed by atoms with E-state index in [0.717, 1.165) is 0 Å². The molecule has 0 bridgehead atoms. The van der Waals surface area contributed by atoms with Crippen molar-refractivity contribution in [1.29, 1.82) is 0 Å². The Morgan fingerprint density at radius 1 is 1.15 bits per heavy atom. The molecule has 0 radical (unpaired) electrons. The highest BCUT2D eigenvalue weighted by Crippen LogP contribution is 2.03. The fraction of sp³-hybridized carbons (Fsp3) is 0.600. The quantitative estimate of drug-likeness (QED) is 0.538. The third-order valence-electron chi connectivity index (χ3n) is 1.92. The maximum atomic E-state index is 9.06. The van der Waals surface area contributed by atoms with Crippen LogP contribution in [0, 0.1) is 0 Å². The molecule has 0 heterocycles. The fourth-order valence-electron chi connectivity index (χ4n) is 1.24. The van der Waals surface area contributed by atoms with Gasteiger partial charge >= 0.3 is 0 Å². The predicted octanol–water partition coefficient (Wildman–Crippen LogP) is 0.404. The second-order valence-electron chi connectivity index (χ2n) is 2.88. The molecule has 3 nitrogen and oxygen atoms in total. The maximum absolute atomic E-state index is 9.06. The van der Waals surface area contributed by atoms with Crippen LogP contribution in [0.15, 0.2) is 25.3 Å². The monoisotopic (exact) mass is 185 g/mol. The van der Waals surface area contributed by atoms with Crippen molar-refractivity contribution in [2.45, 2.75) is 12.5 Å². The van der Waals surface area contributed by atoms with Crippen LogP contribution >= 0.6 is 0 Å². The Kier molecular flexibility index (Phi) is 7.59. The molecule has 13 heavy (non-hydrogen) atoms. The highest BCUT2D eigenvalue weighted by Gasteiger charge is 2.14. The van der Waals surface area contributed by atoms with E-state index in [2.05, 4.69) is 13.2 Å². The standard InChI is InChI=1S/C10H19NO2/c1-3-6-11(7-4-2)10(9-13)5-8-12/h3-4,10,12-13H,1-2,5-9H2. The van der Waals surface area contributed by atoms with Crippen molar-refractivity contribution < 1.29 is 10.2 Å². The molecule has 0 aromatic carbocycles. The van der Waals surface area contributed by atoms with E-state index in [4.69, 9.17) is 10.2 Å². The molecule has 1 unspecified atom stereocenters. The van der Waals surface area contributed by atoms with E-state index in [1.54, 1.807) is 12.2 Å². The van der Waals surface area contributed by atoms with E-state index < -0.39 is 0 Å². The Hall–Kier alpha value is -0.640. The average Bonchev–Trinajstić information content (AvgIpc) is 2.14. The van der Waals surface area contributed by atoms with Gasteiger partial charge in [-0.15, -0.1) is 13.2 Å². The molecule has 0 aliphatic carbocycles. The SMILES string of the molecule is C=CCN(CC=C)C(CO)CCO. The molecule has 0 aromatic rings. The van der Waals surface area contributed by atoms with Gasteiger partial charge in [0.05, 0.1) is 6.61 Å². The zero-order valence-corrected chi connectivity index (χ0v) is 8.02. The van der Waals surface area contributed by atoms with E-state index in [0.29, 0.717) is 19.5 Å². The summed E-state index contributed by atoms with van der Waals surface area (Å²) in [5.41, 5.74) is 0. The van der Waals surface area contributed by atoms with Crippen molar-refractivity contribution >= 4 is 0 Å². The Bertz CT molecular complexity index is 138. The summed E-state index contributed by atoms with van der Waals surface area (Å²) in [6.45, 7) is 8.84. The topological polar surface area (TPSA) is 43.7 Å². The lowest BCUT2D eigenvalue weighted by Crippen LogP contribution is -2.38. The highest BCUT2D eigenvalue weighted by molar-refractivity contribution is 4.84. The van der Waals surface area contributed by atoms with Crippen LogP contribution in [0.4, 0.5) is 0 Å². The summed E-state index contributed by atoms with van der Waals surface area (Å²) >= 11 is 0. The van der Waals surface area contributed by atoms with Crippen molar-refractivity contribution in [1.82, 2.24) is 4.90 Å². The second-order valence-corrected chi connectivity index (χ2v) is 2.88. The summed E-state index contributed by atoms with van der Waals surface area (Å²) in [7, 11) is 0. The number of nitrogens with zero attached hydrogens (tertiary/aromatic N) is 1. The number of rotatable bonds is 8. The molecular formula is C10H19NO2. The first kappa shape index (κ1) is 12.4. The van der Waals surface area contributed by atoms with Gasteiger partial charge in [0, 0.05) is 25.7 Å². The molecule has 0 saturated heterocycles. The first-order chi connectivity index (χ1) is 6.29. The van der Waals surface area contributed by atoms with Crippen molar-refractivity contribution in [2.75, 3.05) is 26.3 Å². The number of aliphatic hydroxyl groups is 2. The van der Waals surface area contributed by atoms with Gasteiger partial charge in [0.1, 0.15) is 0 Å². The molecule has 0 fully saturated rings. The van der Waals surface area contributed by atoms with Crippen LogP contribution < -0.4 is 0 Å². The van der Waals surface area contributed by atoms with Gasteiger partial charge in [-0.25, -0.2) is 0 Å². The average molecular weight is 185 g/mol. The summed E-state index contributed by atoms with van der Waals surface area (Å²) < 4.78 is 0. The molecule has 0 aromatic heterocycles. The third-order valence-corrected chi connectivity index (χ3v) is 1.92. The first-order valence-electron chi connectivity index (χ1n) is 4.47. The van der Waals surface area contributed by atoms with Gasteiger partial charge in [-0.05, 0) is 6.42 Å². The summed E-state index contributed by atoms with van der Waals surface area (Å²) in [5.74, 6) is 0. The summed E-state index contributed by atoms with van der Waals surface area (Å²) in [4.78, 5) is 2.02.